The molecule has 0 radical (unpaired) electrons. The number of esters is 1. The first-order valence-electron chi connectivity index (χ1n) is 8.22. The number of hydrogen-bond donors (Lipinski definition) is 1. The van der Waals surface area contributed by atoms with Crippen molar-refractivity contribution >= 4 is 27.6 Å². The standard InChI is InChI=1S/C19H22N2O5S/c1-13-7-5-6-8-17(13)20-27(24,25)16-11-9-15(10-12-16)19(23)26-14(2)18(22)21(3)4/h5-12,14,20H,1-4H3/t14-/m1/s1. The van der Waals surface area contributed by atoms with Gasteiger partial charge in [-0.15, -0.1) is 0 Å². The van der Waals surface area contributed by atoms with Gasteiger partial charge in [0, 0.05) is 14.1 Å². The number of sulfonamides is 1. The summed E-state index contributed by atoms with van der Waals surface area (Å²) in [6, 6.07) is 12.3. The summed E-state index contributed by atoms with van der Waals surface area (Å²) in [6.45, 7) is 3.28. The first kappa shape index (κ1) is 20.4. The number of aryl methyl sites for hydroxylation is 1. The highest BCUT2D eigenvalue weighted by Gasteiger charge is 2.21. The Morgan fingerprint density at radius 3 is 2.19 bits per heavy atom. The van der Waals surface area contributed by atoms with Crippen LogP contribution in [0.4, 0.5) is 5.69 Å². The molecule has 0 spiro atoms. The first-order chi connectivity index (χ1) is 12.6. The van der Waals surface area contributed by atoms with E-state index in [4.69, 9.17) is 4.74 Å². The average Bonchev–Trinajstić information content (AvgIpc) is 2.62. The fraction of sp³-hybridized carbons (Fsp3) is 0.263. The van der Waals surface area contributed by atoms with Gasteiger partial charge in [0.25, 0.3) is 15.9 Å². The number of nitrogens with zero attached hydrogens (tertiary/aromatic N) is 1. The number of benzene rings is 2. The van der Waals surface area contributed by atoms with Crippen LogP contribution in [0.5, 0.6) is 0 Å². The van der Waals surface area contributed by atoms with Gasteiger partial charge in [-0.25, -0.2) is 13.2 Å². The molecule has 0 aliphatic carbocycles. The molecular formula is C19H22N2O5S. The fourth-order valence-corrected chi connectivity index (χ4v) is 3.43. The van der Waals surface area contributed by atoms with Crippen LogP contribution in [0.3, 0.4) is 0 Å². The van der Waals surface area contributed by atoms with Crippen molar-refractivity contribution in [1.29, 1.82) is 0 Å². The molecule has 7 nitrogen and oxygen atoms in total. The van der Waals surface area contributed by atoms with Gasteiger partial charge in [-0.3, -0.25) is 9.52 Å². The minimum Gasteiger partial charge on any atom is -0.449 e. The van der Waals surface area contributed by atoms with Crippen molar-refractivity contribution in [3.63, 3.8) is 0 Å². The summed E-state index contributed by atoms with van der Waals surface area (Å²) < 4.78 is 32.6. The lowest BCUT2D eigenvalue weighted by molar-refractivity contribution is -0.137. The van der Waals surface area contributed by atoms with Crippen LogP contribution in [-0.4, -0.2) is 45.4 Å². The van der Waals surface area contributed by atoms with Crippen molar-refractivity contribution < 1.29 is 22.7 Å². The number of anilines is 1. The van der Waals surface area contributed by atoms with Crippen molar-refractivity contribution in [2.45, 2.75) is 24.8 Å². The number of rotatable bonds is 6. The minimum atomic E-state index is -3.79. The molecule has 1 atom stereocenters. The number of carbonyl (C=O) groups excluding carboxylic acids is 2. The van der Waals surface area contributed by atoms with Crippen LogP contribution in [0.25, 0.3) is 0 Å². The van der Waals surface area contributed by atoms with Gasteiger partial charge in [-0.2, -0.15) is 0 Å². The molecule has 0 unspecified atom stereocenters. The SMILES string of the molecule is Cc1ccccc1NS(=O)(=O)c1ccc(C(=O)O[C@H](C)C(=O)N(C)C)cc1. The topological polar surface area (TPSA) is 92.8 Å². The van der Waals surface area contributed by atoms with Crippen molar-refractivity contribution in [2.24, 2.45) is 0 Å². The molecule has 0 saturated carbocycles. The number of para-hydroxylation sites is 1. The van der Waals surface area contributed by atoms with Crippen LogP contribution in [0.1, 0.15) is 22.8 Å². The fourth-order valence-electron chi connectivity index (χ4n) is 2.30. The number of carbonyl (C=O) groups is 2. The largest absolute Gasteiger partial charge is 0.449 e. The Balaban J connectivity index is 2.13. The molecule has 2 rings (SSSR count). The zero-order valence-corrected chi connectivity index (χ0v) is 16.4. The Morgan fingerprint density at radius 1 is 1.04 bits per heavy atom. The highest BCUT2D eigenvalue weighted by atomic mass is 32.2. The monoisotopic (exact) mass is 390 g/mol. The number of amides is 1. The van der Waals surface area contributed by atoms with Crippen LogP contribution >= 0.6 is 0 Å². The summed E-state index contributed by atoms with van der Waals surface area (Å²) >= 11 is 0. The molecule has 1 N–H and O–H groups in total. The minimum absolute atomic E-state index is 0.0136. The molecule has 0 fully saturated rings. The Kier molecular flexibility index (Phi) is 6.22. The molecule has 144 valence electrons. The Hall–Kier alpha value is -2.87. The Morgan fingerprint density at radius 2 is 1.63 bits per heavy atom. The Bertz CT molecular complexity index is 937. The number of nitrogens with one attached hydrogen (secondary N) is 1. The van der Waals surface area contributed by atoms with E-state index >= 15 is 0 Å². The van der Waals surface area contributed by atoms with Crippen LogP contribution in [0.2, 0.25) is 0 Å². The molecule has 0 aliphatic rings. The molecule has 0 heterocycles. The van der Waals surface area contributed by atoms with E-state index in [9.17, 15) is 18.0 Å². The second kappa shape index (κ2) is 8.22. The van der Waals surface area contributed by atoms with Gasteiger partial charge in [-0.05, 0) is 49.7 Å². The third-order valence-corrected chi connectivity index (χ3v) is 5.24. The summed E-state index contributed by atoms with van der Waals surface area (Å²) in [5.41, 5.74) is 1.43. The number of likely N-dealkylation sites (N-methyl/N-ethyl adjacent to an activating group) is 1. The molecule has 0 aliphatic heterocycles. The molecular weight excluding hydrogens is 368 g/mol. The van der Waals surface area contributed by atoms with Gasteiger partial charge in [0.15, 0.2) is 6.10 Å². The van der Waals surface area contributed by atoms with Crippen LogP contribution in [0, 0.1) is 6.92 Å². The van der Waals surface area contributed by atoms with Crippen LogP contribution < -0.4 is 4.72 Å². The van der Waals surface area contributed by atoms with Crippen LogP contribution in [0.15, 0.2) is 53.4 Å². The van der Waals surface area contributed by atoms with E-state index in [-0.39, 0.29) is 16.4 Å². The number of hydrogen-bond acceptors (Lipinski definition) is 5. The van der Waals surface area contributed by atoms with Crippen molar-refractivity contribution in [1.82, 2.24) is 4.90 Å². The van der Waals surface area contributed by atoms with Gasteiger partial charge in [-0.1, -0.05) is 18.2 Å². The normalized spacial score (nSPS) is 12.1. The van der Waals surface area contributed by atoms with Crippen molar-refractivity contribution in [3.05, 3.63) is 59.7 Å². The lowest BCUT2D eigenvalue weighted by Gasteiger charge is -2.17. The van der Waals surface area contributed by atoms with E-state index in [0.29, 0.717) is 5.69 Å². The summed E-state index contributed by atoms with van der Waals surface area (Å²) in [5.74, 6) is -1.04. The highest BCUT2D eigenvalue weighted by molar-refractivity contribution is 7.92. The summed E-state index contributed by atoms with van der Waals surface area (Å²) in [6.07, 6.45) is -0.932. The smallest absolute Gasteiger partial charge is 0.338 e. The van der Waals surface area contributed by atoms with Gasteiger partial charge < -0.3 is 9.64 Å². The summed E-state index contributed by atoms with van der Waals surface area (Å²) in [5, 5.41) is 0. The third-order valence-electron chi connectivity index (χ3n) is 3.86. The predicted molar refractivity (Wildman–Crippen MR) is 102 cm³/mol. The maximum Gasteiger partial charge on any atom is 0.338 e. The molecule has 0 aromatic heterocycles. The van der Waals surface area contributed by atoms with E-state index in [1.807, 2.05) is 6.07 Å². The Labute approximate surface area is 159 Å². The maximum atomic E-state index is 12.5. The first-order valence-corrected chi connectivity index (χ1v) is 9.71. The lowest BCUT2D eigenvalue weighted by atomic mass is 10.2. The van der Waals surface area contributed by atoms with E-state index in [1.165, 1.54) is 36.1 Å². The van der Waals surface area contributed by atoms with Crippen molar-refractivity contribution in [2.75, 3.05) is 18.8 Å². The van der Waals surface area contributed by atoms with E-state index in [2.05, 4.69) is 4.72 Å². The highest BCUT2D eigenvalue weighted by Crippen LogP contribution is 2.20. The molecule has 0 bridgehead atoms. The molecule has 1 amide bonds. The zero-order chi connectivity index (χ0) is 20.2. The molecule has 27 heavy (non-hydrogen) atoms. The quantitative estimate of drug-likeness (QED) is 0.765. The number of ether oxygens (including phenoxy) is 1. The van der Waals surface area contributed by atoms with E-state index < -0.39 is 22.1 Å². The molecule has 0 saturated heterocycles. The van der Waals surface area contributed by atoms with Gasteiger partial charge in [0.1, 0.15) is 0 Å². The van der Waals surface area contributed by atoms with Gasteiger partial charge in [0.2, 0.25) is 0 Å². The van der Waals surface area contributed by atoms with E-state index in [1.54, 1.807) is 39.2 Å². The second-order valence-corrected chi connectivity index (χ2v) is 7.91. The molecule has 8 heteroatoms. The van der Waals surface area contributed by atoms with Gasteiger partial charge >= 0.3 is 5.97 Å². The molecule has 2 aromatic rings. The van der Waals surface area contributed by atoms with E-state index in [0.717, 1.165) is 5.56 Å². The van der Waals surface area contributed by atoms with Crippen molar-refractivity contribution in [3.8, 4) is 0 Å². The van der Waals surface area contributed by atoms with Gasteiger partial charge in [0.05, 0.1) is 16.1 Å². The van der Waals surface area contributed by atoms with Crippen LogP contribution in [-0.2, 0) is 19.6 Å². The lowest BCUT2D eigenvalue weighted by Crippen LogP contribution is -2.34. The third kappa shape index (κ3) is 5.07. The maximum absolute atomic E-state index is 12.5. The summed E-state index contributed by atoms with van der Waals surface area (Å²) in [4.78, 5) is 25.2. The second-order valence-electron chi connectivity index (χ2n) is 6.22. The molecule has 2 aromatic carbocycles. The summed E-state index contributed by atoms with van der Waals surface area (Å²) in [7, 11) is -0.662. The average molecular weight is 390 g/mol. The predicted octanol–water partition coefficient (Wildman–Crippen LogP) is 2.43. The zero-order valence-electron chi connectivity index (χ0n) is 15.6.